The molecule has 5 nitrogen and oxygen atoms in total. The fourth-order valence-electron chi connectivity index (χ4n) is 2.58. The lowest BCUT2D eigenvalue weighted by Gasteiger charge is -2.06. The van der Waals surface area contributed by atoms with Crippen molar-refractivity contribution in [3.63, 3.8) is 0 Å². The van der Waals surface area contributed by atoms with Crippen LogP contribution in [0.1, 0.15) is 6.42 Å². The number of amides is 1. The first-order valence-electron chi connectivity index (χ1n) is 7.26. The smallest absolute Gasteiger partial charge is 0.326 e. The van der Waals surface area contributed by atoms with Crippen molar-refractivity contribution in [1.82, 2.24) is 9.13 Å². The molecule has 0 saturated heterocycles. The van der Waals surface area contributed by atoms with Gasteiger partial charge in [-0.05, 0) is 52.9 Å². The minimum absolute atomic E-state index is 0.103. The second kappa shape index (κ2) is 6.57. The molecule has 3 rings (SSSR count). The Hall–Kier alpha value is -2.09. The van der Waals surface area contributed by atoms with Crippen molar-refractivity contribution in [2.45, 2.75) is 13.0 Å². The van der Waals surface area contributed by atoms with E-state index in [1.54, 1.807) is 16.2 Å². The Morgan fingerprint density at radius 3 is 2.61 bits per heavy atom. The molecule has 0 bridgehead atoms. The highest BCUT2D eigenvalue weighted by molar-refractivity contribution is 14.1. The van der Waals surface area contributed by atoms with Crippen LogP contribution in [-0.2, 0) is 18.4 Å². The van der Waals surface area contributed by atoms with Gasteiger partial charge in [-0.3, -0.25) is 13.9 Å². The largest absolute Gasteiger partial charge is 0.328 e. The van der Waals surface area contributed by atoms with E-state index in [0.29, 0.717) is 6.54 Å². The number of anilines is 1. The lowest BCUT2D eigenvalue weighted by molar-refractivity contribution is -0.116. The van der Waals surface area contributed by atoms with E-state index in [1.807, 2.05) is 48.5 Å². The van der Waals surface area contributed by atoms with Gasteiger partial charge >= 0.3 is 5.69 Å². The molecule has 0 aliphatic heterocycles. The summed E-state index contributed by atoms with van der Waals surface area (Å²) in [7, 11) is 1.74. The van der Waals surface area contributed by atoms with Crippen molar-refractivity contribution >= 4 is 45.2 Å². The van der Waals surface area contributed by atoms with Crippen LogP contribution >= 0.6 is 22.6 Å². The third-order valence-corrected chi connectivity index (χ3v) is 4.39. The zero-order valence-corrected chi connectivity index (χ0v) is 14.8. The standard InChI is InChI=1S/C17H16IN3O2/c1-20-14-7-2-3-8-15(14)21(17(20)23)10-9-16(22)19-13-6-4-5-12(18)11-13/h2-8,11H,9-10H2,1H3,(H,19,22). The van der Waals surface area contributed by atoms with Gasteiger partial charge in [-0.1, -0.05) is 18.2 Å². The minimum Gasteiger partial charge on any atom is -0.326 e. The summed E-state index contributed by atoms with van der Waals surface area (Å²) in [5.74, 6) is -0.105. The molecule has 3 aromatic rings. The van der Waals surface area contributed by atoms with Crippen LogP contribution < -0.4 is 11.0 Å². The van der Waals surface area contributed by atoms with E-state index in [2.05, 4.69) is 27.9 Å². The van der Waals surface area contributed by atoms with E-state index in [1.165, 1.54) is 0 Å². The number of carbonyl (C=O) groups excluding carboxylic acids is 1. The first-order valence-corrected chi connectivity index (χ1v) is 8.34. The molecular weight excluding hydrogens is 405 g/mol. The number of rotatable bonds is 4. The van der Waals surface area contributed by atoms with Gasteiger partial charge in [0.15, 0.2) is 0 Å². The maximum Gasteiger partial charge on any atom is 0.328 e. The van der Waals surface area contributed by atoms with Crippen LogP contribution in [0.5, 0.6) is 0 Å². The molecule has 1 aromatic heterocycles. The normalized spacial score (nSPS) is 10.9. The van der Waals surface area contributed by atoms with Crippen LogP contribution in [0.25, 0.3) is 11.0 Å². The molecule has 0 fully saturated rings. The SMILES string of the molecule is Cn1c(=O)n(CCC(=O)Nc2cccc(I)c2)c2ccccc21. The fraction of sp³-hybridized carbons (Fsp3) is 0.176. The first kappa shape index (κ1) is 15.8. The fourth-order valence-corrected chi connectivity index (χ4v) is 3.13. The summed E-state index contributed by atoms with van der Waals surface area (Å²) in [4.78, 5) is 24.4. The Kier molecular flexibility index (Phi) is 4.51. The monoisotopic (exact) mass is 421 g/mol. The predicted octanol–water partition coefficient (Wildman–Crippen LogP) is 2.97. The van der Waals surface area contributed by atoms with Gasteiger partial charge in [0.25, 0.3) is 0 Å². The van der Waals surface area contributed by atoms with Crippen LogP contribution in [0.15, 0.2) is 53.3 Å². The van der Waals surface area contributed by atoms with Crippen molar-refractivity contribution in [1.29, 1.82) is 0 Å². The molecule has 118 valence electrons. The number of nitrogens with one attached hydrogen (secondary N) is 1. The van der Waals surface area contributed by atoms with Gasteiger partial charge in [0.2, 0.25) is 5.91 Å². The minimum atomic E-state index is -0.105. The predicted molar refractivity (Wildman–Crippen MR) is 99.6 cm³/mol. The first-order chi connectivity index (χ1) is 11.1. The Balaban J connectivity index is 1.75. The average Bonchev–Trinajstić information content (AvgIpc) is 2.77. The molecule has 0 spiro atoms. The molecule has 1 N–H and O–H groups in total. The number of fused-ring (bicyclic) bond motifs is 1. The number of imidazole rings is 1. The van der Waals surface area contributed by atoms with Gasteiger partial charge in [0.05, 0.1) is 11.0 Å². The van der Waals surface area contributed by atoms with Gasteiger partial charge in [-0.2, -0.15) is 0 Å². The molecule has 6 heteroatoms. The van der Waals surface area contributed by atoms with Gasteiger partial charge in [-0.25, -0.2) is 4.79 Å². The van der Waals surface area contributed by atoms with E-state index < -0.39 is 0 Å². The zero-order chi connectivity index (χ0) is 16.4. The molecule has 0 radical (unpaired) electrons. The number of para-hydroxylation sites is 2. The van der Waals surface area contributed by atoms with Crippen LogP contribution in [-0.4, -0.2) is 15.0 Å². The molecular formula is C17H16IN3O2. The highest BCUT2D eigenvalue weighted by Gasteiger charge is 2.11. The number of aromatic nitrogens is 2. The Labute approximate surface area is 147 Å². The molecule has 1 heterocycles. The summed E-state index contributed by atoms with van der Waals surface area (Å²) in [6.07, 6.45) is 0.249. The Morgan fingerprint density at radius 1 is 1.13 bits per heavy atom. The van der Waals surface area contributed by atoms with Gasteiger partial charge in [0, 0.05) is 29.3 Å². The molecule has 0 aliphatic rings. The lowest BCUT2D eigenvalue weighted by Crippen LogP contribution is -2.24. The van der Waals surface area contributed by atoms with E-state index >= 15 is 0 Å². The number of hydrogen-bond donors (Lipinski definition) is 1. The topological polar surface area (TPSA) is 56.0 Å². The quantitative estimate of drug-likeness (QED) is 0.659. The highest BCUT2D eigenvalue weighted by Crippen LogP contribution is 2.14. The van der Waals surface area contributed by atoms with Gasteiger partial charge in [0.1, 0.15) is 0 Å². The lowest BCUT2D eigenvalue weighted by atomic mass is 10.3. The summed E-state index contributed by atoms with van der Waals surface area (Å²) in [5, 5.41) is 2.86. The number of hydrogen-bond acceptors (Lipinski definition) is 2. The van der Waals surface area contributed by atoms with Crippen molar-refractivity contribution < 1.29 is 4.79 Å². The molecule has 23 heavy (non-hydrogen) atoms. The summed E-state index contributed by atoms with van der Waals surface area (Å²) >= 11 is 2.20. The van der Waals surface area contributed by atoms with Crippen molar-refractivity contribution in [3.05, 3.63) is 62.6 Å². The van der Waals surface area contributed by atoms with E-state index in [4.69, 9.17) is 0 Å². The van der Waals surface area contributed by atoms with Crippen LogP contribution in [0.2, 0.25) is 0 Å². The second-order valence-corrected chi connectivity index (χ2v) is 6.54. The molecule has 0 saturated carbocycles. The number of carbonyl (C=O) groups is 1. The van der Waals surface area contributed by atoms with Crippen molar-refractivity contribution in [3.8, 4) is 0 Å². The zero-order valence-electron chi connectivity index (χ0n) is 12.6. The van der Waals surface area contributed by atoms with Crippen LogP contribution in [0.3, 0.4) is 0 Å². The maximum atomic E-state index is 12.3. The van der Waals surface area contributed by atoms with E-state index in [-0.39, 0.29) is 18.0 Å². The highest BCUT2D eigenvalue weighted by atomic mass is 127. The number of aryl methyl sites for hydroxylation is 2. The summed E-state index contributed by atoms with van der Waals surface area (Å²) in [6.45, 7) is 0.357. The Morgan fingerprint density at radius 2 is 1.87 bits per heavy atom. The third kappa shape index (κ3) is 3.31. The maximum absolute atomic E-state index is 12.3. The van der Waals surface area contributed by atoms with Gasteiger partial charge in [-0.15, -0.1) is 0 Å². The number of halogens is 1. The van der Waals surface area contributed by atoms with Crippen LogP contribution in [0.4, 0.5) is 5.69 Å². The average molecular weight is 421 g/mol. The molecule has 0 atom stereocenters. The van der Waals surface area contributed by atoms with E-state index in [9.17, 15) is 9.59 Å². The van der Waals surface area contributed by atoms with E-state index in [0.717, 1.165) is 20.3 Å². The molecule has 1 amide bonds. The molecule has 0 aliphatic carbocycles. The van der Waals surface area contributed by atoms with Crippen LogP contribution in [0, 0.1) is 3.57 Å². The molecule has 0 unspecified atom stereocenters. The third-order valence-electron chi connectivity index (χ3n) is 3.72. The summed E-state index contributed by atoms with van der Waals surface area (Å²) in [5.41, 5.74) is 2.39. The second-order valence-electron chi connectivity index (χ2n) is 5.29. The Bertz CT molecular complexity index is 927. The summed E-state index contributed by atoms with van der Waals surface area (Å²) < 4.78 is 4.31. The van der Waals surface area contributed by atoms with Crippen molar-refractivity contribution in [2.24, 2.45) is 7.05 Å². The number of benzene rings is 2. The number of nitrogens with zero attached hydrogens (tertiary/aromatic N) is 2. The summed E-state index contributed by atoms with van der Waals surface area (Å²) in [6, 6.07) is 15.2. The molecule has 2 aromatic carbocycles. The van der Waals surface area contributed by atoms with Crippen molar-refractivity contribution in [2.75, 3.05) is 5.32 Å². The van der Waals surface area contributed by atoms with Gasteiger partial charge < -0.3 is 5.32 Å².